The van der Waals surface area contributed by atoms with Crippen molar-refractivity contribution in [2.75, 3.05) is 46.2 Å². The van der Waals surface area contributed by atoms with Crippen molar-refractivity contribution in [3.05, 3.63) is 194 Å². The van der Waals surface area contributed by atoms with Crippen molar-refractivity contribution in [1.82, 2.24) is 24.9 Å². The smallest absolute Gasteiger partial charge is 0.213 e. The second-order valence-electron chi connectivity index (χ2n) is 18.4. The van der Waals surface area contributed by atoms with Gasteiger partial charge in [0.15, 0.2) is 0 Å². The van der Waals surface area contributed by atoms with Gasteiger partial charge in [0.2, 0.25) is 11.8 Å². The molecule has 380 valence electrons. The third kappa shape index (κ3) is 12.8. The second kappa shape index (κ2) is 24.3. The van der Waals surface area contributed by atoms with Gasteiger partial charge in [0.25, 0.3) is 0 Å². The van der Waals surface area contributed by atoms with Crippen molar-refractivity contribution in [3.63, 3.8) is 0 Å². The van der Waals surface area contributed by atoms with Crippen LogP contribution < -0.4 is 33.2 Å². The molecule has 5 aromatic carbocycles. The molecule has 0 saturated heterocycles. The first kappa shape index (κ1) is 49.2. The lowest BCUT2D eigenvalue weighted by Crippen LogP contribution is -2.10. The van der Waals surface area contributed by atoms with E-state index in [4.69, 9.17) is 48.1 Å². The first-order valence-corrected chi connectivity index (χ1v) is 26.0. The third-order valence-electron chi connectivity index (χ3n) is 13.1. The summed E-state index contributed by atoms with van der Waals surface area (Å²) in [7, 11) is 0. The second-order valence-corrected chi connectivity index (χ2v) is 18.4. The zero-order chi connectivity index (χ0) is 51.1. The summed E-state index contributed by atoms with van der Waals surface area (Å²) in [5, 5.41) is 2.05. The maximum Gasteiger partial charge on any atom is 0.213 e. The van der Waals surface area contributed by atoms with Crippen LogP contribution >= 0.6 is 0 Å². The zero-order valence-electron chi connectivity index (χ0n) is 42.2. The van der Waals surface area contributed by atoms with Gasteiger partial charge < -0.3 is 33.2 Å². The molecule has 10 aromatic rings. The predicted molar refractivity (Wildman–Crippen MR) is 297 cm³/mol. The molecule has 12 heteroatoms. The molecule has 18 bridgehead atoms. The first-order chi connectivity index (χ1) is 37.6. The molecule has 0 atom stereocenters. The highest BCUT2D eigenvalue weighted by molar-refractivity contribution is 6.04. The first-order valence-electron chi connectivity index (χ1n) is 26.0. The van der Waals surface area contributed by atoms with Gasteiger partial charge in [-0.15, -0.1) is 0 Å². The Morgan fingerprint density at radius 1 is 0.276 bits per heavy atom. The van der Waals surface area contributed by atoms with Crippen molar-refractivity contribution < 1.29 is 33.2 Å². The Morgan fingerprint density at radius 3 is 1.11 bits per heavy atom. The van der Waals surface area contributed by atoms with Gasteiger partial charge in [-0.1, -0.05) is 61.7 Å². The average Bonchev–Trinajstić information content (AvgIpc) is 3.48. The van der Waals surface area contributed by atoms with Crippen LogP contribution in [0.2, 0.25) is 0 Å². The number of ether oxygens (including phenoxy) is 7. The Hall–Kier alpha value is -9.03. The SMILES string of the molecule is c1cc2nc(c1)-c1ccc(nc1)OCCOc1ccc(cc1)OCCOc1ccc(cc1)-c1ccc3ccc4ccc(nc4c3n1)-c1ccc(cc1)OCCOc1ccc(cc1)CCCCCCCOc1ccc-2cn1. The van der Waals surface area contributed by atoms with E-state index in [-0.39, 0.29) is 0 Å². The minimum absolute atomic E-state index is 0.330. The maximum absolute atomic E-state index is 6.06. The van der Waals surface area contributed by atoms with E-state index in [0.29, 0.717) is 63.8 Å². The van der Waals surface area contributed by atoms with Crippen LogP contribution in [0.1, 0.15) is 37.7 Å². The fourth-order valence-electron chi connectivity index (χ4n) is 8.99. The summed E-state index contributed by atoms with van der Waals surface area (Å²) in [4.78, 5) is 24.3. The summed E-state index contributed by atoms with van der Waals surface area (Å²) in [6.45, 7) is 2.94. The lowest BCUT2D eigenvalue weighted by atomic mass is 10.1. The van der Waals surface area contributed by atoms with E-state index >= 15 is 0 Å². The van der Waals surface area contributed by atoms with E-state index in [1.54, 1.807) is 6.20 Å². The van der Waals surface area contributed by atoms with Gasteiger partial charge in [0, 0.05) is 57.6 Å². The summed E-state index contributed by atoms with van der Waals surface area (Å²) in [6, 6.07) is 58.0. The van der Waals surface area contributed by atoms with Gasteiger partial charge in [0.1, 0.15) is 68.4 Å². The molecule has 0 N–H and O–H groups in total. The lowest BCUT2D eigenvalue weighted by molar-refractivity contribution is 0.210. The summed E-state index contributed by atoms with van der Waals surface area (Å²) in [6.07, 6.45) is 10.2. The van der Waals surface area contributed by atoms with Crippen molar-refractivity contribution in [1.29, 1.82) is 0 Å². The van der Waals surface area contributed by atoms with Crippen molar-refractivity contribution in [2.24, 2.45) is 0 Å². The number of aromatic nitrogens is 5. The molecule has 0 amide bonds. The van der Waals surface area contributed by atoms with E-state index in [1.165, 1.54) is 12.0 Å². The fraction of sp³-hybridized carbons (Fsp3) is 0.203. The Balaban J connectivity index is 0.720. The Kier molecular flexibility index (Phi) is 15.8. The van der Waals surface area contributed by atoms with Crippen LogP contribution in [0.25, 0.3) is 66.8 Å². The maximum atomic E-state index is 6.06. The highest BCUT2D eigenvalue weighted by Crippen LogP contribution is 2.31. The number of rotatable bonds is 0. The van der Waals surface area contributed by atoms with Gasteiger partial charge >= 0.3 is 0 Å². The quantitative estimate of drug-likeness (QED) is 0.134. The molecular weight excluding hydrogens is 951 g/mol. The van der Waals surface area contributed by atoms with Crippen molar-refractivity contribution in [2.45, 2.75) is 38.5 Å². The number of fused-ring (bicyclic) bond motifs is 2. The normalized spacial score (nSPS) is 14.1. The van der Waals surface area contributed by atoms with Crippen LogP contribution in [0.4, 0.5) is 0 Å². The molecule has 14 heterocycles. The number of hydrogen-bond donors (Lipinski definition) is 0. The minimum atomic E-state index is 0.330. The summed E-state index contributed by atoms with van der Waals surface area (Å²) in [5.41, 5.74) is 10.1. The molecule has 9 aliphatic heterocycles. The molecule has 19 rings (SSSR count). The molecule has 5 aromatic heterocycles. The Bertz CT molecular complexity index is 3470. The van der Waals surface area contributed by atoms with E-state index in [1.807, 2.05) is 140 Å². The highest BCUT2D eigenvalue weighted by Gasteiger charge is 2.12. The third-order valence-corrected chi connectivity index (χ3v) is 13.1. The molecular formula is C64H57N5O7. The van der Waals surface area contributed by atoms with Gasteiger partial charge in [-0.3, -0.25) is 0 Å². The molecule has 0 fully saturated rings. The summed E-state index contributed by atoms with van der Waals surface area (Å²) in [5.74, 6) is 4.90. The van der Waals surface area contributed by atoms with Gasteiger partial charge in [-0.2, -0.15) is 0 Å². The van der Waals surface area contributed by atoms with Crippen LogP contribution in [0.3, 0.4) is 0 Å². The number of aryl methyl sites for hydroxylation is 1. The van der Waals surface area contributed by atoms with Crippen LogP contribution in [-0.2, 0) is 6.42 Å². The highest BCUT2D eigenvalue weighted by atomic mass is 16.5. The van der Waals surface area contributed by atoms with Gasteiger partial charge in [-0.05, 0) is 146 Å². The topological polar surface area (TPSA) is 129 Å². The number of benzene rings is 5. The monoisotopic (exact) mass is 1010 g/mol. The largest absolute Gasteiger partial charge is 0.490 e. The minimum Gasteiger partial charge on any atom is -0.490 e. The lowest BCUT2D eigenvalue weighted by Gasteiger charge is -2.11. The molecule has 76 heavy (non-hydrogen) atoms. The predicted octanol–water partition coefficient (Wildman–Crippen LogP) is 13.9. The summed E-state index contributed by atoms with van der Waals surface area (Å²) >= 11 is 0. The molecule has 0 aliphatic carbocycles. The van der Waals surface area contributed by atoms with Gasteiger partial charge in [-0.25, -0.2) is 24.9 Å². The average molecular weight is 1010 g/mol. The fourth-order valence-corrected chi connectivity index (χ4v) is 8.99. The number of pyridine rings is 5. The van der Waals surface area contributed by atoms with E-state index in [0.717, 1.165) is 122 Å². The molecule has 0 radical (unpaired) electrons. The molecule has 9 aliphatic rings. The Labute approximate surface area is 442 Å². The van der Waals surface area contributed by atoms with E-state index < -0.39 is 0 Å². The number of nitrogens with zero attached hydrogens (tertiary/aromatic N) is 5. The Morgan fingerprint density at radius 2 is 0.645 bits per heavy atom. The zero-order valence-corrected chi connectivity index (χ0v) is 42.2. The molecule has 0 unspecified atom stereocenters. The molecule has 0 saturated carbocycles. The van der Waals surface area contributed by atoms with Crippen LogP contribution in [0, 0.1) is 0 Å². The van der Waals surface area contributed by atoms with Crippen molar-refractivity contribution >= 4 is 21.8 Å². The molecule has 12 nitrogen and oxygen atoms in total. The number of hydrogen-bond acceptors (Lipinski definition) is 12. The van der Waals surface area contributed by atoms with E-state index in [9.17, 15) is 0 Å². The van der Waals surface area contributed by atoms with Crippen molar-refractivity contribution in [3.8, 4) is 85.5 Å². The summed E-state index contributed by atoms with van der Waals surface area (Å²) < 4.78 is 41.8. The van der Waals surface area contributed by atoms with E-state index in [2.05, 4.69) is 52.4 Å². The van der Waals surface area contributed by atoms with Crippen LogP contribution in [0.15, 0.2) is 188 Å². The van der Waals surface area contributed by atoms with Crippen LogP contribution in [-0.4, -0.2) is 71.2 Å². The van der Waals surface area contributed by atoms with Gasteiger partial charge in [0.05, 0.1) is 40.4 Å². The van der Waals surface area contributed by atoms with Crippen LogP contribution in [0.5, 0.6) is 40.5 Å². The standard InChI is InChI=1S/C64H57N5O7/c1-2-4-7-45-10-22-52(23-11-45)70-37-38-71-53-24-14-46(15-25-53)59-32-18-48-12-13-49-19-33-60(69-64(49)63(48)68-59)47-16-26-54(27-17-47)72-39-40-73-55-28-30-56(31-29-55)74-41-42-76-62-35-21-51(44-66-62)58-9-6-8-57(67-58)50-20-34-61(65-43-50)75-36-5-3-1/h6,8-35,43-44H,1-5,7,36-42H2. The molecule has 0 spiro atoms.